The van der Waals surface area contributed by atoms with E-state index in [1.807, 2.05) is 0 Å². The summed E-state index contributed by atoms with van der Waals surface area (Å²) in [6.07, 6.45) is 15.5. The summed E-state index contributed by atoms with van der Waals surface area (Å²) in [5.41, 5.74) is 0. The molecule has 96 valence electrons. The monoisotopic (exact) mass is 386 g/mol. The molecule has 0 bridgehead atoms. The minimum atomic E-state index is -3.21. The number of hydrogen-bond donors (Lipinski definition) is 0. The number of hydrogen-bond acceptors (Lipinski definition) is 0. The largest absolute Gasteiger partial charge is 0.147 e. The van der Waals surface area contributed by atoms with Crippen molar-refractivity contribution in [3.63, 3.8) is 0 Å². The van der Waals surface area contributed by atoms with Crippen LogP contribution in [0, 0.1) is 0 Å². The van der Waals surface area contributed by atoms with Crippen LogP contribution in [0.5, 0.6) is 0 Å². The Hall–Kier alpha value is 0.930. The fourth-order valence-corrected chi connectivity index (χ4v) is 15.6. The van der Waals surface area contributed by atoms with E-state index >= 15 is 0 Å². The Balaban J connectivity index is 0.00000128. The molecule has 2 aliphatic carbocycles. The third kappa shape index (κ3) is 3.09. The van der Waals surface area contributed by atoms with Crippen LogP contribution in [0.2, 0.25) is 4.13 Å². The molecule has 0 N–H and O–H groups in total. The van der Waals surface area contributed by atoms with Crippen molar-refractivity contribution in [2.75, 3.05) is 0 Å². The van der Waals surface area contributed by atoms with Crippen molar-refractivity contribution < 1.29 is 16.2 Å². The van der Waals surface area contributed by atoms with Crippen molar-refractivity contribution in [2.24, 2.45) is 0 Å². The molecular weight excluding hydrogens is 370 g/mol. The summed E-state index contributed by atoms with van der Waals surface area (Å²) in [5, 5.41) is 0. The summed E-state index contributed by atoms with van der Waals surface area (Å²) in [6.45, 7) is 4.40. The van der Waals surface area contributed by atoms with E-state index in [4.69, 9.17) is 8.51 Å². The fraction of sp³-hybridized carbons (Fsp3) is 0.333. The maximum absolute atomic E-state index is 7.20. The zero-order valence-electron chi connectivity index (χ0n) is 9.99. The Morgan fingerprint density at radius 1 is 1.12 bits per heavy atom. The second-order valence-electron chi connectivity index (χ2n) is 4.54. The van der Waals surface area contributed by atoms with Crippen LogP contribution < -0.4 is 0 Å². The van der Waals surface area contributed by atoms with Crippen molar-refractivity contribution in [3.05, 3.63) is 43.0 Å². The van der Waals surface area contributed by atoms with E-state index in [-0.39, 0.29) is 24.8 Å². The summed E-state index contributed by atoms with van der Waals surface area (Å²) >= 11 is -3.21. The van der Waals surface area contributed by atoms with Crippen molar-refractivity contribution in [1.82, 2.24) is 0 Å². The summed E-state index contributed by atoms with van der Waals surface area (Å²) in [4.78, 5) is 0. The van der Waals surface area contributed by atoms with Gasteiger partial charge in [0.25, 0.3) is 0 Å². The molecule has 0 unspecified atom stereocenters. The van der Waals surface area contributed by atoms with Crippen molar-refractivity contribution >= 4 is 40.2 Å². The Kier molecular flexibility index (Phi) is 6.74. The standard InChI is InChI=1S/2C5H5.C2H5.3ClH.H2Si.Zr/c2*1-2-4-5-3-1;1-2;;;;;/h2*1-3H,4H2;1H2,2H3;3*1H;1H2;/q;;;;;;;+1/p-1. The zero-order valence-corrected chi connectivity index (χ0v) is 16.2. The van der Waals surface area contributed by atoms with Crippen LogP contribution in [-0.2, 0) is 16.2 Å². The van der Waals surface area contributed by atoms with Gasteiger partial charge < -0.3 is 0 Å². The van der Waals surface area contributed by atoms with Crippen LogP contribution >= 0.6 is 33.3 Å². The predicted molar refractivity (Wildman–Crippen MR) is 83.1 cm³/mol. The van der Waals surface area contributed by atoms with E-state index in [2.05, 4.69) is 50.3 Å². The summed E-state index contributed by atoms with van der Waals surface area (Å²) in [6, 6.07) is 0. The van der Waals surface area contributed by atoms with E-state index in [1.54, 1.807) is 6.56 Å². The van der Waals surface area contributed by atoms with Crippen LogP contribution in [0.25, 0.3) is 0 Å². The van der Waals surface area contributed by atoms with Gasteiger partial charge in [-0.25, -0.2) is 0 Å². The first-order valence-corrected chi connectivity index (χ1v) is 18.8. The molecule has 0 heterocycles. The van der Waals surface area contributed by atoms with Gasteiger partial charge in [0.05, 0.1) is 0 Å². The van der Waals surface area contributed by atoms with Gasteiger partial charge in [0.15, 0.2) is 0 Å². The van der Waals surface area contributed by atoms with Crippen LogP contribution in [0.1, 0.15) is 19.8 Å². The Bertz CT molecular complexity index is 438. The number of allylic oxidation sites excluding steroid dienone is 8. The molecule has 0 saturated carbocycles. The molecule has 0 aliphatic heterocycles. The molecule has 0 aromatic heterocycles. The second kappa shape index (κ2) is 6.39. The van der Waals surface area contributed by atoms with E-state index in [0.29, 0.717) is 0 Å². The fourth-order valence-electron chi connectivity index (χ4n) is 2.40. The molecule has 0 fully saturated rings. The van der Waals surface area contributed by atoms with Gasteiger partial charge in [-0.3, -0.25) is 0 Å². The smallest absolute Gasteiger partial charge is 0.147 e. The van der Waals surface area contributed by atoms with Gasteiger partial charge in [0.1, 0.15) is 0 Å². The maximum atomic E-state index is 7.20. The van der Waals surface area contributed by atoms with Gasteiger partial charge in [-0.1, -0.05) is 0 Å². The van der Waals surface area contributed by atoms with Gasteiger partial charge >= 0.3 is 98.5 Å². The Morgan fingerprint density at radius 3 is 1.76 bits per heavy atom. The van der Waals surface area contributed by atoms with Gasteiger partial charge in [-0.15, -0.1) is 24.8 Å². The second-order valence-corrected chi connectivity index (χ2v) is 34.3. The normalized spacial score (nSPS) is 18.3. The predicted octanol–water partition coefficient (Wildman–Crippen LogP) is 4.35. The van der Waals surface area contributed by atoms with Gasteiger partial charge in [-0.2, -0.15) is 0 Å². The van der Waals surface area contributed by atoms with E-state index in [1.165, 1.54) is 0 Å². The van der Waals surface area contributed by atoms with Gasteiger partial charge in [0, 0.05) is 0 Å². The summed E-state index contributed by atoms with van der Waals surface area (Å²) < 4.78 is 4.25. The first kappa shape index (κ1) is 17.9. The Labute approximate surface area is 122 Å². The maximum Gasteiger partial charge on any atom is -0.147 e. The topological polar surface area (TPSA) is 0 Å². The molecule has 0 saturated heterocycles. The molecule has 2 rings (SSSR count). The minimum absolute atomic E-state index is 0. The molecular formula is C12H19Cl3SiZr. The first-order chi connectivity index (χ1) is 7.07. The quantitative estimate of drug-likeness (QED) is 0.630. The molecule has 0 spiro atoms. The summed E-state index contributed by atoms with van der Waals surface area (Å²) in [5.74, 6) is 0. The number of halogens is 3. The van der Waals surface area contributed by atoms with Crippen molar-refractivity contribution in [1.29, 1.82) is 0 Å². The van der Waals surface area contributed by atoms with Crippen LogP contribution in [0.15, 0.2) is 43.0 Å². The SMILES string of the molecule is C[CH2][Zr](=[SiH2])([Cl])([C]1=CC=CC1)[C]1=CC=CC1.Cl.Cl. The minimum Gasteiger partial charge on any atom is -0.147 e. The summed E-state index contributed by atoms with van der Waals surface area (Å²) in [7, 11) is 7.20. The van der Waals surface area contributed by atoms with Crippen LogP contribution in [0.4, 0.5) is 0 Å². The van der Waals surface area contributed by atoms with Crippen LogP contribution in [0.3, 0.4) is 0 Å². The van der Waals surface area contributed by atoms with E-state index < -0.39 is 16.2 Å². The molecule has 17 heavy (non-hydrogen) atoms. The third-order valence-electron chi connectivity index (χ3n) is 3.75. The van der Waals surface area contributed by atoms with Gasteiger partial charge in [0.2, 0.25) is 0 Å². The molecule has 0 amide bonds. The molecule has 5 heteroatoms. The molecule has 0 radical (unpaired) electrons. The van der Waals surface area contributed by atoms with E-state index in [9.17, 15) is 0 Å². The molecule has 0 atom stereocenters. The number of rotatable bonds is 3. The third-order valence-corrected chi connectivity index (χ3v) is 29.2. The van der Waals surface area contributed by atoms with E-state index in [0.717, 1.165) is 17.0 Å². The molecule has 2 aliphatic rings. The van der Waals surface area contributed by atoms with Crippen molar-refractivity contribution in [3.8, 4) is 0 Å². The molecule has 0 nitrogen and oxygen atoms in total. The Morgan fingerprint density at radius 2 is 1.53 bits per heavy atom. The average molecular weight is 389 g/mol. The molecule has 0 aromatic rings. The average Bonchev–Trinajstić information content (AvgIpc) is 2.91. The van der Waals surface area contributed by atoms with Gasteiger partial charge in [-0.05, 0) is 0 Å². The zero-order chi connectivity index (χ0) is 11.0. The van der Waals surface area contributed by atoms with Crippen molar-refractivity contribution in [2.45, 2.75) is 23.9 Å². The first-order valence-electron chi connectivity index (χ1n) is 5.54. The molecule has 0 aromatic carbocycles. The van der Waals surface area contributed by atoms with Crippen LogP contribution in [-0.4, -0.2) is 6.88 Å².